The van der Waals surface area contributed by atoms with Crippen LogP contribution in [0.4, 0.5) is 0 Å². The number of carbonyl (C=O) groups is 1. The first-order valence-corrected chi connectivity index (χ1v) is 13.1. The first kappa shape index (κ1) is 20.4. The summed E-state index contributed by atoms with van der Waals surface area (Å²) in [7, 11) is -2.17. The molecule has 3 aromatic rings. The number of amides is 1. The summed E-state index contributed by atoms with van der Waals surface area (Å²) in [6.07, 6.45) is 3.24. The summed E-state index contributed by atoms with van der Waals surface area (Å²) in [6.45, 7) is 2.37. The van der Waals surface area contributed by atoms with Crippen molar-refractivity contribution in [3.05, 3.63) is 91.0 Å². The van der Waals surface area contributed by atoms with Gasteiger partial charge in [-0.3, -0.25) is 4.79 Å². The summed E-state index contributed by atoms with van der Waals surface area (Å²) in [6, 6.07) is 32.2. The number of hydrogen-bond acceptors (Lipinski definition) is 2. The molecule has 1 amide bonds. The molecule has 2 heterocycles. The van der Waals surface area contributed by atoms with Crippen LogP contribution in [0.3, 0.4) is 0 Å². The zero-order valence-electron chi connectivity index (χ0n) is 17.8. The first-order chi connectivity index (χ1) is 15.3. The maximum Gasteiger partial charge on any atom is 0.230 e. The van der Waals surface area contributed by atoms with Gasteiger partial charge in [-0.2, -0.15) is 0 Å². The van der Waals surface area contributed by atoms with Crippen molar-refractivity contribution in [2.75, 3.05) is 19.7 Å². The van der Waals surface area contributed by atoms with Gasteiger partial charge in [-0.1, -0.05) is 91.0 Å². The largest absolute Gasteiger partial charge is 0.376 e. The van der Waals surface area contributed by atoms with Crippen LogP contribution in [0.25, 0.3) is 0 Å². The van der Waals surface area contributed by atoms with Gasteiger partial charge in [0.05, 0.1) is 11.8 Å². The highest BCUT2D eigenvalue weighted by molar-refractivity contribution is 7.96. The Hall–Kier alpha value is -2.48. The third-order valence-corrected chi connectivity index (χ3v) is 11.4. The summed E-state index contributed by atoms with van der Waals surface area (Å²) < 4.78 is 5.85. The van der Waals surface area contributed by atoms with Gasteiger partial charge in [0.25, 0.3) is 0 Å². The molecule has 0 spiro atoms. The van der Waals surface area contributed by atoms with Gasteiger partial charge < -0.3 is 9.64 Å². The van der Waals surface area contributed by atoms with Crippen LogP contribution < -0.4 is 15.9 Å². The van der Waals surface area contributed by atoms with Crippen molar-refractivity contribution in [2.45, 2.75) is 31.0 Å². The summed E-state index contributed by atoms with van der Waals surface area (Å²) in [5.74, 6) is 0.292. The second kappa shape index (κ2) is 8.94. The van der Waals surface area contributed by atoms with Gasteiger partial charge in [0.2, 0.25) is 5.91 Å². The normalized spacial score (nSPS) is 21.5. The molecule has 2 aliphatic rings. The van der Waals surface area contributed by atoms with Crippen LogP contribution in [0.2, 0.25) is 0 Å². The van der Waals surface area contributed by atoms with E-state index in [0.29, 0.717) is 5.91 Å². The lowest BCUT2D eigenvalue weighted by Gasteiger charge is -2.42. The van der Waals surface area contributed by atoms with Crippen LogP contribution in [0.15, 0.2) is 91.0 Å². The van der Waals surface area contributed by atoms with Crippen LogP contribution in [0.1, 0.15) is 19.3 Å². The van der Waals surface area contributed by atoms with Crippen LogP contribution >= 0.6 is 7.26 Å². The molecule has 1 radical (unpaired) electrons. The van der Waals surface area contributed by atoms with Gasteiger partial charge in [0.15, 0.2) is 0 Å². The van der Waals surface area contributed by atoms with Gasteiger partial charge in [-0.15, -0.1) is 0 Å². The zero-order valence-corrected chi connectivity index (χ0v) is 18.7. The maximum absolute atomic E-state index is 14.0. The molecule has 2 saturated heterocycles. The van der Waals surface area contributed by atoms with Crippen molar-refractivity contribution >= 4 is 29.1 Å². The third-order valence-electron chi connectivity index (χ3n) is 6.68. The van der Waals surface area contributed by atoms with E-state index < -0.39 is 7.26 Å². The van der Waals surface area contributed by atoms with Crippen LogP contribution in [0.5, 0.6) is 0 Å². The molecular formula is C27H29NO2P. The second-order valence-corrected chi connectivity index (χ2v) is 12.1. The van der Waals surface area contributed by atoms with Gasteiger partial charge in [-0.25, -0.2) is 0 Å². The molecule has 0 aromatic heterocycles. The average molecular weight is 431 g/mol. The fraction of sp³-hybridized carbons (Fsp3) is 0.296. The monoisotopic (exact) mass is 430 g/mol. The van der Waals surface area contributed by atoms with Crippen LogP contribution in [-0.2, 0) is 9.53 Å². The third kappa shape index (κ3) is 3.71. The van der Waals surface area contributed by atoms with Crippen molar-refractivity contribution in [1.82, 2.24) is 4.90 Å². The van der Waals surface area contributed by atoms with Crippen molar-refractivity contribution in [2.24, 2.45) is 0 Å². The van der Waals surface area contributed by atoms with E-state index in [2.05, 4.69) is 95.9 Å². The lowest BCUT2D eigenvalue weighted by molar-refractivity contribution is -0.128. The minimum absolute atomic E-state index is 0.0406. The molecule has 3 aromatic carbocycles. The summed E-state index contributed by atoms with van der Waals surface area (Å²) in [4.78, 5) is 16.0. The van der Waals surface area contributed by atoms with E-state index in [4.69, 9.17) is 4.74 Å². The molecule has 159 valence electrons. The predicted octanol–water partition coefficient (Wildman–Crippen LogP) is 3.76. The number of likely N-dealkylation sites (tertiary alicyclic amines) is 1. The SMILES string of the molecule is O=C1C([P](c2ccccc2)(c2ccccc2)c2ccccc2)CCN1CC1CCCO1. The summed E-state index contributed by atoms with van der Waals surface area (Å²) in [5.41, 5.74) is -0.0406. The smallest absolute Gasteiger partial charge is 0.230 e. The van der Waals surface area contributed by atoms with Crippen LogP contribution in [0, 0.1) is 0 Å². The standard InChI is InChI=1S/C27H29NO2P/c29-27-26(18-19-28(27)21-22-11-10-20-30-22)31(23-12-4-1-5-13-23,24-14-6-2-7-15-24)25-16-8-3-9-17-25/h1-9,12-17,22,26H,10-11,18-21H2. The molecule has 2 fully saturated rings. The number of ether oxygens (including phenoxy) is 1. The highest BCUT2D eigenvalue weighted by atomic mass is 31.2. The van der Waals surface area contributed by atoms with E-state index in [1.54, 1.807) is 0 Å². The molecule has 0 N–H and O–H groups in total. The molecule has 5 rings (SSSR count). The number of hydrogen-bond donors (Lipinski definition) is 0. The molecule has 2 atom stereocenters. The average Bonchev–Trinajstić information content (AvgIpc) is 3.48. The highest BCUT2D eigenvalue weighted by Gasteiger charge is 2.49. The summed E-state index contributed by atoms with van der Waals surface area (Å²) in [5, 5.41) is 3.85. The van der Waals surface area contributed by atoms with Crippen molar-refractivity contribution in [1.29, 1.82) is 0 Å². The Morgan fingerprint density at radius 3 is 1.74 bits per heavy atom. The highest BCUT2D eigenvalue weighted by Crippen LogP contribution is 2.62. The Morgan fingerprint density at radius 2 is 1.29 bits per heavy atom. The molecule has 4 heteroatoms. The molecule has 3 nitrogen and oxygen atoms in total. The zero-order chi connectivity index (χ0) is 21.1. The first-order valence-electron chi connectivity index (χ1n) is 11.3. The second-order valence-electron chi connectivity index (χ2n) is 8.45. The molecular weight excluding hydrogens is 401 g/mol. The Bertz CT molecular complexity index is 907. The van der Waals surface area contributed by atoms with E-state index in [9.17, 15) is 4.79 Å². The van der Waals surface area contributed by atoms with E-state index in [0.717, 1.165) is 39.0 Å². The number of carbonyl (C=O) groups excluding carboxylic acids is 1. The predicted molar refractivity (Wildman–Crippen MR) is 129 cm³/mol. The molecule has 0 saturated carbocycles. The van der Waals surface area contributed by atoms with Crippen LogP contribution in [-0.4, -0.2) is 42.3 Å². The lowest BCUT2D eigenvalue weighted by Crippen LogP contribution is -2.43. The van der Waals surface area contributed by atoms with E-state index >= 15 is 0 Å². The van der Waals surface area contributed by atoms with Crippen molar-refractivity contribution in [3.63, 3.8) is 0 Å². The fourth-order valence-electron chi connectivity index (χ4n) is 5.27. The number of nitrogens with zero attached hydrogens (tertiary/aromatic N) is 1. The number of rotatable bonds is 6. The topological polar surface area (TPSA) is 29.5 Å². The Kier molecular flexibility index (Phi) is 5.89. The van der Waals surface area contributed by atoms with Gasteiger partial charge in [-0.05, 0) is 42.4 Å². The minimum atomic E-state index is -2.17. The minimum Gasteiger partial charge on any atom is -0.376 e. The van der Waals surface area contributed by atoms with Crippen molar-refractivity contribution in [3.8, 4) is 0 Å². The van der Waals surface area contributed by atoms with Gasteiger partial charge in [0, 0.05) is 19.7 Å². The van der Waals surface area contributed by atoms with Gasteiger partial charge >= 0.3 is 0 Å². The Morgan fingerprint density at radius 1 is 0.774 bits per heavy atom. The molecule has 31 heavy (non-hydrogen) atoms. The van der Waals surface area contributed by atoms with E-state index in [-0.39, 0.29) is 11.8 Å². The molecule has 2 unspecified atom stereocenters. The van der Waals surface area contributed by atoms with Crippen molar-refractivity contribution < 1.29 is 9.53 Å². The fourth-order valence-corrected chi connectivity index (χ4v) is 10.2. The van der Waals surface area contributed by atoms with E-state index in [1.807, 2.05) is 0 Å². The molecule has 0 aliphatic carbocycles. The van der Waals surface area contributed by atoms with Gasteiger partial charge in [0.1, 0.15) is 0 Å². The Labute approximate surface area is 185 Å². The summed E-state index contributed by atoms with van der Waals surface area (Å²) >= 11 is 0. The maximum atomic E-state index is 14.0. The molecule has 2 aliphatic heterocycles. The van der Waals surface area contributed by atoms with E-state index in [1.165, 1.54) is 15.9 Å². The Balaban J connectivity index is 1.64. The molecule has 0 bridgehead atoms. The lowest BCUT2D eigenvalue weighted by atomic mass is 10.2. The quantitative estimate of drug-likeness (QED) is 0.558. The number of benzene rings is 3.